The number of rotatable bonds is 3. The minimum absolute atomic E-state index is 0.0119. The number of halogens is 6. The summed E-state index contributed by atoms with van der Waals surface area (Å²) in [6.07, 6.45) is -9.47. The van der Waals surface area contributed by atoms with E-state index in [1.54, 1.807) is 0 Å². The van der Waals surface area contributed by atoms with E-state index in [-0.39, 0.29) is 16.8 Å². The average Bonchev–Trinajstić information content (AvgIpc) is 2.45. The monoisotopic (exact) mass is 349 g/mol. The van der Waals surface area contributed by atoms with E-state index in [4.69, 9.17) is 5.11 Å². The van der Waals surface area contributed by atoms with Crippen molar-refractivity contribution in [2.75, 3.05) is 0 Å². The van der Waals surface area contributed by atoms with Crippen molar-refractivity contribution in [3.63, 3.8) is 0 Å². The lowest BCUT2D eigenvalue weighted by molar-refractivity contribution is -0.138. The van der Waals surface area contributed by atoms with Gasteiger partial charge in [0.2, 0.25) is 0 Å². The third kappa shape index (κ3) is 4.03. The molecule has 0 saturated heterocycles. The van der Waals surface area contributed by atoms with Gasteiger partial charge in [0.1, 0.15) is 0 Å². The molecule has 0 saturated carbocycles. The number of carboxylic acid groups (broad SMARTS) is 1. The Labute approximate surface area is 131 Å². The van der Waals surface area contributed by atoms with Crippen LogP contribution in [0, 0.1) is 0 Å². The van der Waals surface area contributed by atoms with Crippen molar-refractivity contribution in [1.82, 2.24) is 4.98 Å². The molecule has 1 heterocycles. The first-order chi connectivity index (χ1) is 11.0. The molecule has 128 valence electrons. The van der Waals surface area contributed by atoms with Crippen molar-refractivity contribution < 1.29 is 36.2 Å². The minimum Gasteiger partial charge on any atom is -0.481 e. The molecule has 0 aliphatic rings. The van der Waals surface area contributed by atoms with Gasteiger partial charge in [-0.25, -0.2) is 0 Å². The van der Waals surface area contributed by atoms with E-state index in [0.717, 1.165) is 12.1 Å². The fourth-order valence-electron chi connectivity index (χ4n) is 2.02. The highest BCUT2D eigenvalue weighted by molar-refractivity contribution is 5.75. The second-order valence-electron chi connectivity index (χ2n) is 4.86. The molecule has 0 unspecified atom stereocenters. The number of aliphatic carboxylic acids is 1. The van der Waals surface area contributed by atoms with Gasteiger partial charge in [-0.05, 0) is 23.8 Å². The van der Waals surface area contributed by atoms with Crippen LogP contribution in [-0.2, 0) is 23.6 Å². The Balaban J connectivity index is 2.55. The van der Waals surface area contributed by atoms with Crippen LogP contribution in [0.25, 0.3) is 11.1 Å². The Morgan fingerprint density at radius 3 is 1.96 bits per heavy atom. The van der Waals surface area contributed by atoms with E-state index >= 15 is 0 Å². The van der Waals surface area contributed by atoms with Crippen molar-refractivity contribution in [2.24, 2.45) is 0 Å². The van der Waals surface area contributed by atoms with Crippen molar-refractivity contribution in [2.45, 2.75) is 18.8 Å². The highest BCUT2D eigenvalue weighted by atomic mass is 19.4. The summed E-state index contributed by atoms with van der Waals surface area (Å²) in [7, 11) is 0. The number of benzene rings is 1. The number of hydrogen-bond acceptors (Lipinski definition) is 2. The van der Waals surface area contributed by atoms with Crippen molar-refractivity contribution in [1.29, 1.82) is 0 Å². The summed E-state index contributed by atoms with van der Waals surface area (Å²) < 4.78 is 76.0. The van der Waals surface area contributed by atoms with Gasteiger partial charge in [0.05, 0.1) is 23.2 Å². The van der Waals surface area contributed by atoms with Crippen LogP contribution in [0.15, 0.2) is 36.5 Å². The quantitative estimate of drug-likeness (QED) is 0.835. The molecule has 1 aromatic heterocycles. The van der Waals surface area contributed by atoms with Gasteiger partial charge in [-0.3, -0.25) is 9.78 Å². The van der Waals surface area contributed by atoms with E-state index in [2.05, 4.69) is 4.98 Å². The summed E-state index contributed by atoms with van der Waals surface area (Å²) in [5.41, 5.74) is -2.42. The molecule has 0 spiro atoms. The molecule has 1 N–H and O–H groups in total. The van der Waals surface area contributed by atoms with Gasteiger partial charge in [0.25, 0.3) is 0 Å². The normalized spacial score (nSPS) is 12.2. The molecule has 0 aliphatic heterocycles. The van der Waals surface area contributed by atoms with Crippen molar-refractivity contribution in [3.8, 4) is 11.1 Å². The van der Waals surface area contributed by atoms with Gasteiger partial charge < -0.3 is 5.11 Å². The molecule has 3 nitrogen and oxygen atoms in total. The standard InChI is InChI=1S/C15H9F6NO2/c16-14(17,18)9-3-1-8(2-4-9)11-5-10(15(19,20)21)7-22-12(11)6-13(23)24/h1-5,7H,6H2,(H,23,24). The Hall–Kier alpha value is -2.58. The summed E-state index contributed by atoms with van der Waals surface area (Å²) in [5.74, 6) is -1.32. The molecule has 0 amide bonds. The first-order valence-electron chi connectivity index (χ1n) is 6.44. The second-order valence-corrected chi connectivity index (χ2v) is 4.86. The van der Waals surface area contributed by atoms with E-state index in [9.17, 15) is 31.1 Å². The summed E-state index contributed by atoms with van der Waals surface area (Å²) in [4.78, 5) is 14.3. The van der Waals surface area contributed by atoms with Crippen LogP contribution in [-0.4, -0.2) is 16.1 Å². The lowest BCUT2D eigenvalue weighted by Crippen LogP contribution is -2.10. The number of pyridine rings is 1. The number of hydrogen-bond donors (Lipinski definition) is 1. The van der Waals surface area contributed by atoms with Crippen LogP contribution in [0.4, 0.5) is 26.3 Å². The molecule has 0 radical (unpaired) electrons. The first-order valence-corrected chi connectivity index (χ1v) is 6.44. The van der Waals surface area contributed by atoms with Crippen LogP contribution in [0.2, 0.25) is 0 Å². The van der Waals surface area contributed by atoms with Crippen LogP contribution >= 0.6 is 0 Å². The Morgan fingerprint density at radius 1 is 0.958 bits per heavy atom. The highest BCUT2D eigenvalue weighted by Crippen LogP contribution is 2.35. The molecular formula is C15H9F6NO2. The number of alkyl halides is 6. The minimum atomic E-state index is -4.71. The predicted octanol–water partition coefficient (Wildman–Crippen LogP) is 4.41. The van der Waals surface area contributed by atoms with Crippen molar-refractivity contribution >= 4 is 5.97 Å². The zero-order valence-electron chi connectivity index (χ0n) is 11.7. The van der Waals surface area contributed by atoms with Crippen LogP contribution in [0.1, 0.15) is 16.8 Å². The predicted molar refractivity (Wildman–Crippen MR) is 71.0 cm³/mol. The molecule has 2 aromatic rings. The summed E-state index contributed by atoms with van der Waals surface area (Å²) in [6, 6.07) is 4.05. The van der Waals surface area contributed by atoms with Gasteiger partial charge in [0, 0.05) is 11.8 Å². The zero-order chi connectivity index (χ0) is 18.1. The molecule has 9 heteroatoms. The van der Waals surface area contributed by atoms with Gasteiger partial charge in [-0.1, -0.05) is 12.1 Å². The fraction of sp³-hybridized carbons (Fsp3) is 0.200. The summed E-state index contributed by atoms with van der Waals surface area (Å²) >= 11 is 0. The molecule has 0 bridgehead atoms. The van der Waals surface area contributed by atoms with Crippen LogP contribution in [0.5, 0.6) is 0 Å². The highest BCUT2D eigenvalue weighted by Gasteiger charge is 2.33. The summed E-state index contributed by atoms with van der Waals surface area (Å²) in [6.45, 7) is 0. The SMILES string of the molecule is O=C(O)Cc1ncc(C(F)(F)F)cc1-c1ccc(C(F)(F)F)cc1. The van der Waals surface area contributed by atoms with Gasteiger partial charge >= 0.3 is 18.3 Å². The van der Waals surface area contributed by atoms with Gasteiger partial charge in [0.15, 0.2) is 0 Å². The van der Waals surface area contributed by atoms with Crippen LogP contribution < -0.4 is 0 Å². The Morgan fingerprint density at radius 2 is 1.50 bits per heavy atom. The maximum atomic E-state index is 12.8. The lowest BCUT2D eigenvalue weighted by atomic mass is 9.99. The maximum Gasteiger partial charge on any atom is 0.417 e. The largest absolute Gasteiger partial charge is 0.481 e. The molecule has 0 fully saturated rings. The molecule has 2 rings (SSSR count). The van der Waals surface area contributed by atoms with E-state index in [1.807, 2.05) is 0 Å². The van der Waals surface area contributed by atoms with Gasteiger partial charge in [-0.2, -0.15) is 26.3 Å². The topological polar surface area (TPSA) is 50.2 Å². The number of carbonyl (C=O) groups is 1. The molecule has 1 aromatic carbocycles. The van der Waals surface area contributed by atoms with E-state index < -0.39 is 35.9 Å². The third-order valence-electron chi connectivity index (χ3n) is 3.14. The third-order valence-corrected chi connectivity index (χ3v) is 3.14. The summed E-state index contributed by atoms with van der Waals surface area (Å²) in [5, 5.41) is 8.81. The molecule has 24 heavy (non-hydrogen) atoms. The Bertz CT molecular complexity index is 750. The lowest BCUT2D eigenvalue weighted by Gasteiger charge is -2.13. The maximum absolute atomic E-state index is 12.8. The molecular weight excluding hydrogens is 340 g/mol. The average molecular weight is 349 g/mol. The Kier molecular flexibility index (Phi) is 4.54. The molecule has 0 aliphatic carbocycles. The number of nitrogens with zero attached hydrogens (tertiary/aromatic N) is 1. The smallest absolute Gasteiger partial charge is 0.417 e. The zero-order valence-corrected chi connectivity index (χ0v) is 11.7. The number of aromatic nitrogens is 1. The van der Waals surface area contributed by atoms with E-state index in [1.165, 1.54) is 0 Å². The van der Waals surface area contributed by atoms with Crippen LogP contribution in [0.3, 0.4) is 0 Å². The second kappa shape index (κ2) is 6.14. The molecule has 0 atom stereocenters. The van der Waals surface area contributed by atoms with Crippen molar-refractivity contribution in [3.05, 3.63) is 53.3 Å². The fourth-order valence-corrected chi connectivity index (χ4v) is 2.02. The first kappa shape index (κ1) is 17.8. The van der Waals surface area contributed by atoms with E-state index in [0.29, 0.717) is 24.4 Å². The van der Waals surface area contributed by atoms with Gasteiger partial charge in [-0.15, -0.1) is 0 Å². The number of carboxylic acids is 1.